The Labute approximate surface area is 130 Å². The maximum atomic E-state index is 11.9. The van der Waals surface area contributed by atoms with Crippen LogP contribution in [0.1, 0.15) is 23.7 Å². The van der Waals surface area contributed by atoms with Crippen LogP contribution in [0.2, 0.25) is 0 Å². The number of carbonyl (C=O) groups excluding carboxylic acids is 1. The largest absolute Gasteiger partial charge is 0.497 e. The van der Waals surface area contributed by atoms with Gasteiger partial charge >= 0.3 is 0 Å². The molecule has 4 heteroatoms. The summed E-state index contributed by atoms with van der Waals surface area (Å²) in [5, 5.41) is 12.9. The standard InChI is InChI=1S/C18H21NO3/c1-22-16-9-5-6-14(12-16)13-18(21)19-11-10-17(20)15-7-3-2-4-8-15/h2-9,12,17,20H,10-11,13H2,1H3,(H,19,21). The van der Waals surface area contributed by atoms with Crippen LogP contribution in [0.25, 0.3) is 0 Å². The molecule has 1 unspecified atom stereocenters. The topological polar surface area (TPSA) is 58.6 Å². The first-order valence-electron chi connectivity index (χ1n) is 7.31. The Hall–Kier alpha value is -2.33. The molecular formula is C18H21NO3. The molecule has 116 valence electrons. The van der Waals surface area contributed by atoms with Gasteiger partial charge in [0.1, 0.15) is 5.75 Å². The second-order valence-electron chi connectivity index (χ2n) is 5.09. The van der Waals surface area contributed by atoms with Crippen molar-refractivity contribution in [2.75, 3.05) is 13.7 Å². The van der Waals surface area contributed by atoms with Crippen LogP contribution in [0.5, 0.6) is 5.75 Å². The van der Waals surface area contributed by atoms with Gasteiger partial charge in [-0.1, -0.05) is 42.5 Å². The normalized spacial score (nSPS) is 11.7. The van der Waals surface area contributed by atoms with E-state index in [-0.39, 0.29) is 5.91 Å². The highest BCUT2D eigenvalue weighted by atomic mass is 16.5. The van der Waals surface area contributed by atoms with Crippen LogP contribution in [0.3, 0.4) is 0 Å². The predicted octanol–water partition coefficient (Wildman–Crippen LogP) is 2.48. The average molecular weight is 299 g/mol. The third-order valence-corrected chi connectivity index (χ3v) is 3.42. The molecule has 0 aliphatic heterocycles. The summed E-state index contributed by atoms with van der Waals surface area (Å²) in [6, 6.07) is 16.9. The Kier molecular flexibility index (Phi) is 5.98. The fourth-order valence-corrected chi connectivity index (χ4v) is 2.22. The van der Waals surface area contributed by atoms with Gasteiger partial charge in [0.15, 0.2) is 0 Å². The van der Waals surface area contributed by atoms with E-state index >= 15 is 0 Å². The first kappa shape index (κ1) is 16.0. The number of aliphatic hydroxyl groups is 1. The van der Waals surface area contributed by atoms with Crippen LogP contribution in [-0.2, 0) is 11.2 Å². The van der Waals surface area contributed by atoms with Crippen LogP contribution >= 0.6 is 0 Å². The zero-order valence-corrected chi connectivity index (χ0v) is 12.7. The van der Waals surface area contributed by atoms with Gasteiger partial charge in [-0.3, -0.25) is 4.79 Å². The van der Waals surface area contributed by atoms with Crippen LogP contribution in [0.15, 0.2) is 54.6 Å². The number of hydrogen-bond donors (Lipinski definition) is 2. The first-order valence-corrected chi connectivity index (χ1v) is 7.31. The molecule has 0 radical (unpaired) electrons. The van der Waals surface area contributed by atoms with E-state index in [9.17, 15) is 9.90 Å². The van der Waals surface area contributed by atoms with E-state index in [0.29, 0.717) is 19.4 Å². The van der Waals surface area contributed by atoms with Crippen molar-refractivity contribution in [1.29, 1.82) is 0 Å². The Morgan fingerprint density at radius 3 is 2.68 bits per heavy atom. The molecule has 0 aliphatic carbocycles. The fraction of sp³-hybridized carbons (Fsp3) is 0.278. The Bertz CT molecular complexity index is 598. The Balaban J connectivity index is 1.76. The van der Waals surface area contributed by atoms with E-state index < -0.39 is 6.10 Å². The smallest absolute Gasteiger partial charge is 0.224 e. The molecule has 0 saturated heterocycles. The SMILES string of the molecule is COc1cccc(CC(=O)NCCC(O)c2ccccc2)c1. The number of carbonyl (C=O) groups is 1. The fourth-order valence-electron chi connectivity index (χ4n) is 2.22. The lowest BCUT2D eigenvalue weighted by atomic mass is 10.1. The van der Waals surface area contributed by atoms with Crippen LogP contribution < -0.4 is 10.1 Å². The number of nitrogens with one attached hydrogen (secondary N) is 1. The lowest BCUT2D eigenvalue weighted by Gasteiger charge is -2.11. The van der Waals surface area contributed by atoms with Crippen molar-refractivity contribution >= 4 is 5.91 Å². The predicted molar refractivity (Wildman–Crippen MR) is 85.7 cm³/mol. The van der Waals surface area contributed by atoms with Crippen molar-refractivity contribution in [1.82, 2.24) is 5.32 Å². The molecule has 0 saturated carbocycles. The van der Waals surface area contributed by atoms with Gasteiger partial charge in [0.2, 0.25) is 5.91 Å². The quantitative estimate of drug-likeness (QED) is 0.826. The molecular weight excluding hydrogens is 278 g/mol. The molecule has 0 spiro atoms. The minimum absolute atomic E-state index is 0.0616. The van der Waals surface area contributed by atoms with E-state index in [2.05, 4.69) is 5.32 Å². The van der Waals surface area contributed by atoms with Gasteiger partial charge in [0.25, 0.3) is 0 Å². The van der Waals surface area contributed by atoms with Gasteiger partial charge in [-0.15, -0.1) is 0 Å². The van der Waals surface area contributed by atoms with Crippen LogP contribution in [-0.4, -0.2) is 24.7 Å². The number of benzene rings is 2. The molecule has 0 aromatic heterocycles. The lowest BCUT2D eigenvalue weighted by Crippen LogP contribution is -2.27. The molecule has 0 heterocycles. The summed E-state index contributed by atoms with van der Waals surface area (Å²) >= 11 is 0. The molecule has 0 fully saturated rings. The molecule has 1 amide bonds. The average Bonchev–Trinajstić information content (AvgIpc) is 2.55. The number of hydrogen-bond acceptors (Lipinski definition) is 3. The Morgan fingerprint density at radius 1 is 1.18 bits per heavy atom. The number of amides is 1. The molecule has 2 aromatic carbocycles. The van der Waals surface area contributed by atoms with E-state index in [1.165, 1.54) is 0 Å². The summed E-state index contributed by atoms with van der Waals surface area (Å²) in [5.41, 5.74) is 1.77. The number of aliphatic hydroxyl groups excluding tert-OH is 1. The van der Waals surface area contributed by atoms with Crippen molar-refractivity contribution in [3.63, 3.8) is 0 Å². The molecule has 2 aromatic rings. The zero-order chi connectivity index (χ0) is 15.8. The third kappa shape index (κ3) is 4.90. The monoisotopic (exact) mass is 299 g/mol. The first-order chi connectivity index (χ1) is 10.7. The van der Waals surface area contributed by atoms with E-state index in [4.69, 9.17) is 4.74 Å². The highest BCUT2D eigenvalue weighted by Gasteiger charge is 2.08. The highest BCUT2D eigenvalue weighted by Crippen LogP contribution is 2.15. The molecule has 0 bridgehead atoms. The van der Waals surface area contributed by atoms with Gasteiger partial charge in [-0.05, 0) is 29.7 Å². The molecule has 1 atom stereocenters. The minimum atomic E-state index is -0.557. The number of ether oxygens (including phenoxy) is 1. The summed E-state index contributed by atoms with van der Waals surface area (Å²) in [7, 11) is 1.60. The van der Waals surface area contributed by atoms with Crippen molar-refractivity contribution in [2.24, 2.45) is 0 Å². The highest BCUT2D eigenvalue weighted by molar-refractivity contribution is 5.78. The van der Waals surface area contributed by atoms with Crippen molar-refractivity contribution in [2.45, 2.75) is 18.9 Å². The Morgan fingerprint density at radius 2 is 1.95 bits per heavy atom. The summed E-state index contributed by atoms with van der Waals surface area (Å²) in [4.78, 5) is 11.9. The van der Waals surface area contributed by atoms with Crippen LogP contribution in [0, 0.1) is 0 Å². The molecule has 0 aliphatic rings. The molecule has 2 N–H and O–H groups in total. The van der Waals surface area contributed by atoms with Gasteiger partial charge in [-0.2, -0.15) is 0 Å². The van der Waals surface area contributed by atoms with Gasteiger partial charge in [-0.25, -0.2) is 0 Å². The minimum Gasteiger partial charge on any atom is -0.497 e. The third-order valence-electron chi connectivity index (χ3n) is 3.42. The molecule has 2 rings (SSSR count). The maximum absolute atomic E-state index is 11.9. The summed E-state index contributed by atoms with van der Waals surface area (Å²) < 4.78 is 5.13. The van der Waals surface area contributed by atoms with Crippen molar-refractivity contribution in [3.05, 3.63) is 65.7 Å². The number of methoxy groups -OCH3 is 1. The second kappa shape index (κ2) is 8.20. The van der Waals surface area contributed by atoms with Crippen molar-refractivity contribution in [3.8, 4) is 5.75 Å². The zero-order valence-electron chi connectivity index (χ0n) is 12.7. The number of rotatable bonds is 7. The van der Waals surface area contributed by atoms with Gasteiger partial charge in [0, 0.05) is 6.54 Å². The summed E-state index contributed by atoms with van der Waals surface area (Å²) in [6.45, 7) is 0.443. The second-order valence-corrected chi connectivity index (χ2v) is 5.09. The van der Waals surface area contributed by atoms with E-state index in [1.54, 1.807) is 7.11 Å². The van der Waals surface area contributed by atoms with E-state index in [1.807, 2.05) is 54.6 Å². The molecule has 22 heavy (non-hydrogen) atoms. The lowest BCUT2D eigenvalue weighted by molar-refractivity contribution is -0.120. The van der Waals surface area contributed by atoms with Gasteiger partial charge in [0.05, 0.1) is 19.6 Å². The molecule has 4 nitrogen and oxygen atoms in total. The van der Waals surface area contributed by atoms with Gasteiger partial charge < -0.3 is 15.2 Å². The summed E-state index contributed by atoms with van der Waals surface area (Å²) in [6.07, 6.45) is 0.241. The van der Waals surface area contributed by atoms with E-state index in [0.717, 1.165) is 16.9 Å². The van der Waals surface area contributed by atoms with Crippen molar-refractivity contribution < 1.29 is 14.6 Å². The maximum Gasteiger partial charge on any atom is 0.224 e. The van der Waals surface area contributed by atoms with Crippen LogP contribution in [0.4, 0.5) is 0 Å². The summed E-state index contributed by atoms with van der Waals surface area (Å²) in [5.74, 6) is 0.679.